The molecule has 0 aromatic heterocycles. The van der Waals surface area contributed by atoms with Crippen molar-refractivity contribution in [3.05, 3.63) is 22.2 Å². The van der Waals surface area contributed by atoms with Crippen molar-refractivity contribution in [1.29, 1.82) is 0 Å². The number of hydrogen-bond acceptors (Lipinski definition) is 3. The Hall–Kier alpha value is -0.740. The minimum absolute atomic E-state index is 0.0217. The monoisotopic (exact) mass is 285 g/mol. The first-order valence-electron chi connectivity index (χ1n) is 5.27. The highest BCUT2D eigenvalue weighted by molar-refractivity contribution is 9.10. The molecule has 1 aromatic carbocycles. The number of hydrogen-bond donors (Lipinski definition) is 1. The van der Waals surface area contributed by atoms with E-state index in [0.717, 1.165) is 40.8 Å². The van der Waals surface area contributed by atoms with Gasteiger partial charge >= 0.3 is 0 Å². The average Bonchev–Trinajstić information content (AvgIpc) is 2.98. The lowest BCUT2D eigenvalue weighted by Crippen LogP contribution is -2.24. The molecule has 0 heterocycles. The molecule has 16 heavy (non-hydrogen) atoms. The van der Waals surface area contributed by atoms with Crippen LogP contribution < -0.4 is 15.2 Å². The molecule has 0 spiro atoms. The third-order valence-corrected chi connectivity index (χ3v) is 3.61. The molecule has 1 aromatic rings. The van der Waals surface area contributed by atoms with Gasteiger partial charge in [0.15, 0.2) is 0 Å². The number of methoxy groups -OCH3 is 2. The van der Waals surface area contributed by atoms with E-state index >= 15 is 0 Å². The van der Waals surface area contributed by atoms with Crippen LogP contribution in [0.3, 0.4) is 0 Å². The van der Waals surface area contributed by atoms with E-state index in [1.54, 1.807) is 14.2 Å². The van der Waals surface area contributed by atoms with E-state index in [-0.39, 0.29) is 5.54 Å². The van der Waals surface area contributed by atoms with Gasteiger partial charge in [-0.15, -0.1) is 0 Å². The Morgan fingerprint density at radius 3 is 2.38 bits per heavy atom. The molecule has 1 aliphatic carbocycles. The highest BCUT2D eigenvalue weighted by Crippen LogP contribution is 2.40. The lowest BCUT2D eigenvalue weighted by atomic mass is 10.0. The molecule has 1 saturated carbocycles. The van der Waals surface area contributed by atoms with Gasteiger partial charge in [-0.2, -0.15) is 0 Å². The fraction of sp³-hybridized carbons (Fsp3) is 0.500. The predicted octanol–water partition coefficient (Wildman–Crippen LogP) is 2.50. The highest BCUT2D eigenvalue weighted by Gasteiger charge is 2.38. The van der Waals surface area contributed by atoms with Crippen LogP contribution in [0, 0.1) is 0 Å². The molecule has 0 saturated heterocycles. The average molecular weight is 286 g/mol. The molecule has 0 atom stereocenters. The normalized spacial score (nSPS) is 17.0. The summed E-state index contributed by atoms with van der Waals surface area (Å²) in [4.78, 5) is 0. The van der Waals surface area contributed by atoms with Crippen molar-refractivity contribution < 1.29 is 9.47 Å². The van der Waals surface area contributed by atoms with E-state index in [0.29, 0.717) is 0 Å². The van der Waals surface area contributed by atoms with E-state index in [1.807, 2.05) is 12.1 Å². The summed E-state index contributed by atoms with van der Waals surface area (Å²) in [5.74, 6) is 1.68. The molecule has 2 N–H and O–H groups in total. The van der Waals surface area contributed by atoms with Gasteiger partial charge in [-0.05, 0) is 52.9 Å². The van der Waals surface area contributed by atoms with Crippen molar-refractivity contribution in [2.24, 2.45) is 5.73 Å². The maximum absolute atomic E-state index is 6.12. The van der Waals surface area contributed by atoms with E-state index in [4.69, 9.17) is 15.2 Å². The Morgan fingerprint density at radius 2 is 1.88 bits per heavy atom. The Kier molecular flexibility index (Phi) is 3.13. The van der Waals surface area contributed by atoms with Crippen LogP contribution >= 0.6 is 15.9 Å². The Labute approximate surface area is 104 Å². The summed E-state index contributed by atoms with van der Waals surface area (Å²) in [6.45, 7) is 0. The molecule has 4 heteroatoms. The second-order valence-corrected chi connectivity index (χ2v) is 5.19. The zero-order chi connectivity index (χ0) is 11.8. The topological polar surface area (TPSA) is 44.5 Å². The lowest BCUT2D eigenvalue weighted by Gasteiger charge is -2.15. The minimum Gasteiger partial charge on any atom is -0.496 e. The van der Waals surface area contributed by atoms with Gasteiger partial charge in [0.1, 0.15) is 11.5 Å². The van der Waals surface area contributed by atoms with Gasteiger partial charge in [0, 0.05) is 5.54 Å². The SMILES string of the molecule is COc1cc(CC2(N)CC2)c(OC)cc1Br. The second kappa shape index (κ2) is 4.26. The van der Waals surface area contributed by atoms with Gasteiger partial charge in [-0.3, -0.25) is 0 Å². The van der Waals surface area contributed by atoms with Crippen molar-refractivity contribution in [2.45, 2.75) is 24.8 Å². The van der Waals surface area contributed by atoms with Crippen molar-refractivity contribution >= 4 is 15.9 Å². The first-order chi connectivity index (χ1) is 7.58. The van der Waals surface area contributed by atoms with Crippen LogP contribution in [-0.4, -0.2) is 19.8 Å². The minimum atomic E-state index is -0.0217. The summed E-state index contributed by atoms with van der Waals surface area (Å²) in [5.41, 5.74) is 7.22. The maximum atomic E-state index is 6.12. The summed E-state index contributed by atoms with van der Waals surface area (Å²) >= 11 is 3.44. The Morgan fingerprint density at radius 1 is 1.25 bits per heavy atom. The summed E-state index contributed by atoms with van der Waals surface area (Å²) in [6, 6.07) is 3.93. The van der Waals surface area contributed by atoms with Gasteiger partial charge < -0.3 is 15.2 Å². The molecule has 0 amide bonds. The van der Waals surface area contributed by atoms with Gasteiger partial charge in [0.05, 0.1) is 18.7 Å². The number of benzene rings is 1. The number of halogens is 1. The van der Waals surface area contributed by atoms with Crippen LogP contribution in [0.2, 0.25) is 0 Å². The van der Waals surface area contributed by atoms with Gasteiger partial charge in [-0.1, -0.05) is 0 Å². The molecule has 1 aliphatic rings. The zero-order valence-electron chi connectivity index (χ0n) is 9.55. The number of nitrogens with two attached hydrogens (primary N) is 1. The summed E-state index contributed by atoms with van der Waals surface area (Å²) in [7, 11) is 3.33. The van der Waals surface area contributed by atoms with Crippen LogP contribution in [0.5, 0.6) is 11.5 Å². The van der Waals surface area contributed by atoms with Crippen molar-refractivity contribution in [2.75, 3.05) is 14.2 Å². The third-order valence-electron chi connectivity index (χ3n) is 2.99. The smallest absolute Gasteiger partial charge is 0.133 e. The molecular weight excluding hydrogens is 270 g/mol. The predicted molar refractivity (Wildman–Crippen MR) is 67.1 cm³/mol. The van der Waals surface area contributed by atoms with E-state index < -0.39 is 0 Å². The van der Waals surface area contributed by atoms with Crippen molar-refractivity contribution in [3.8, 4) is 11.5 Å². The summed E-state index contributed by atoms with van der Waals surface area (Å²) in [6.07, 6.45) is 3.03. The quantitative estimate of drug-likeness (QED) is 0.925. The Balaban J connectivity index is 2.33. The maximum Gasteiger partial charge on any atom is 0.133 e. The fourth-order valence-corrected chi connectivity index (χ4v) is 2.26. The van der Waals surface area contributed by atoms with Gasteiger partial charge in [0.25, 0.3) is 0 Å². The highest BCUT2D eigenvalue weighted by atomic mass is 79.9. The molecule has 88 valence electrons. The third kappa shape index (κ3) is 2.33. The second-order valence-electron chi connectivity index (χ2n) is 4.34. The largest absolute Gasteiger partial charge is 0.496 e. The standard InChI is InChI=1S/C12H16BrNO2/c1-15-10-6-9(13)11(16-2)5-8(10)7-12(14)3-4-12/h5-6H,3-4,7,14H2,1-2H3. The first-order valence-corrected chi connectivity index (χ1v) is 6.06. The molecule has 2 rings (SSSR count). The summed E-state index contributed by atoms with van der Waals surface area (Å²) < 4.78 is 11.5. The van der Waals surface area contributed by atoms with Crippen LogP contribution in [0.25, 0.3) is 0 Å². The van der Waals surface area contributed by atoms with Crippen molar-refractivity contribution in [3.63, 3.8) is 0 Å². The lowest BCUT2D eigenvalue weighted by molar-refractivity contribution is 0.395. The van der Waals surface area contributed by atoms with E-state index in [2.05, 4.69) is 15.9 Å². The number of rotatable bonds is 4. The first kappa shape index (κ1) is 11.7. The molecule has 0 bridgehead atoms. The van der Waals surface area contributed by atoms with Gasteiger partial charge in [-0.25, -0.2) is 0 Å². The number of ether oxygens (including phenoxy) is 2. The van der Waals surface area contributed by atoms with Gasteiger partial charge in [0.2, 0.25) is 0 Å². The van der Waals surface area contributed by atoms with Crippen LogP contribution in [-0.2, 0) is 6.42 Å². The summed E-state index contributed by atoms with van der Waals surface area (Å²) in [5, 5.41) is 0. The molecule has 0 aliphatic heterocycles. The van der Waals surface area contributed by atoms with Crippen LogP contribution in [0.1, 0.15) is 18.4 Å². The molecule has 1 fully saturated rings. The zero-order valence-corrected chi connectivity index (χ0v) is 11.1. The molecule has 3 nitrogen and oxygen atoms in total. The molecule has 0 unspecified atom stereocenters. The van der Waals surface area contributed by atoms with Crippen LogP contribution in [0.15, 0.2) is 16.6 Å². The van der Waals surface area contributed by atoms with Crippen LogP contribution in [0.4, 0.5) is 0 Å². The van der Waals surface area contributed by atoms with E-state index in [9.17, 15) is 0 Å². The molecule has 0 radical (unpaired) electrons. The molecular formula is C12H16BrNO2. The van der Waals surface area contributed by atoms with Crippen molar-refractivity contribution in [1.82, 2.24) is 0 Å². The van der Waals surface area contributed by atoms with E-state index in [1.165, 1.54) is 0 Å². The Bertz CT molecular complexity index is 402. The fourth-order valence-electron chi connectivity index (χ4n) is 1.78.